The average Bonchev–Trinajstić information content (AvgIpc) is 2.53. The number of nitrogens with one attached hydrogen (secondary N) is 1. The van der Waals surface area contributed by atoms with Crippen LogP contribution >= 0.6 is 0 Å². The Labute approximate surface area is 126 Å². The first kappa shape index (κ1) is 17.8. The van der Waals surface area contributed by atoms with E-state index in [1.165, 1.54) is 0 Å². The minimum absolute atomic E-state index is 0.339. The van der Waals surface area contributed by atoms with Crippen LogP contribution in [0, 0.1) is 0 Å². The molecule has 0 saturated heterocycles. The Balaban J connectivity index is 2.69. The molecule has 1 aromatic rings. The molecule has 0 amide bonds. The lowest BCUT2D eigenvalue weighted by atomic mass is 9.97. The number of rotatable bonds is 9. The Morgan fingerprint density at radius 2 is 1.86 bits per heavy atom. The zero-order valence-corrected chi connectivity index (χ0v) is 13.3. The van der Waals surface area contributed by atoms with E-state index in [9.17, 15) is 10.2 Å². The van der Waals surface area contributed by atoms with Crippen molar-refractivity contribution >= 4 is 0 Å². The predicted molar refractivity (Wildman–Crippen MR) is 82.9 cm³/mol. The molecule has 1 unspecified atom stereocenters. The molecule has 1 rings (SSSR count). The van der Waals surface area contributed by atoms with Crippen molar-refractivity contribution < 1.29 is 19.7 Å². The molecule has 5 nitrogen and oxygen atoms in total. The van der Waals surface area contributed by atoms with Crippen LogP contribution in [0.2, 0.25) is 0 Å². The van der Waals surface area contributed by atoms with Crippen LogP contribution < -0.4 is 14.8 Å². The number of aliphatic hydroxyl groups excluding tert-OH is 1. The Bertz CT molecular complexity index is 432. The molecule has 0 fully saturated rings. The lowest BCUT2D eigenvalue weighted by Crippen LogP contribution is -2.40. The summed E-state index contributed by atoms with van der Waals surface area (Å²) >= 11 is 0. The Hall–Kier alpha value is -1.30. The van der Waals surface area contributed by atoms with Gasteiger partial charge in [-0.15, -0.1) is 0 Å². The summed E-state index contributed by atoms with van der Waals surface area (Å²) < 4.78 is 10.4. The highest BCUT2D eigenvalue weighted by Crippen LogP contribution is 2.29. The number of benzene rings is 1. The third kappa shape index (κ3) is 4.88. The third-order valence-electron chi connectivity index (χ3n) is 3.90. The second-order valence-corrected chi connectivity index (χ2v) is 5.19. The van der Waals surface area contributed by atoms with Gasteiger partial charge in [0.1, 0.15) is 11.5 Å². The highest BCUT2D eigenvalue weighted by atomic mass is 16.5. The fourth-order valence-electron chi connectivity index (χ4n) is 2.15. The molecule has 0 aliphatic carbocycles. The van der Waals surface area contributed by atoms with Gasteiger partial charge in [0.15, 0.2) is 0 Å². The molecule has 0 bridgehead atoms. The molecule has 21 heavy (non-hydrogen) atoms. The first-order chi connectivity index (χ1) is 9.99. The van der Waals surface area contributed by atoms with Crippen molar-refractivity contribution in [3.8, 4) is 11.5 Å². The first-order valence-electron chi connectivity index (χ1n) is 7.32. The predicted octanol–water partition coefficient (Wildman–Crippen LogP) is 1.88. The number of ether oxygens (including phenoxy) is 2. The SMILES string of the molecule is CCC(O)(CC)CNCC(O)c1cc(OC)ccc1OC. The summed E-state index contributed by atoms with van der Waals surface area (Å²) in [6, 6.07) is 5.32. The largest absolute Gasteiger partial charge is 0.497 e. The Morgan fingerprint density at radius 3 is 2.38 bits per heavy atom. The van der Waals surface area contributed by atoms with Gasteiger partial charge < -0.3 is 25.0 Å². The average molecular weight is 297 g/mol. The van der Waals surface area contributed by atoms with E-state index >= 15 is 0 Å². The van der Waals surface area contributed by atoms with E-state index in [-0.39, 0.29) is 0 Å². The van der Waals surface area contributed by atoms with Crippen molar-refractivity contribution in [2.75, 3.05) is 27.3 Å². The molecule has 0 aliphatic rings. The third-order valence-corrected chi connectivity index (χ3v) is 3.90. The molecule has 5 heteroatoms. The fraction of sp³-hybridized carbons (Fsp3) is 0.625. The van der Waals surface area contributed by atoms with Crippen molar-refractivity contribution in [3.63, 3.8) is 0 Å². The summed E-state index contributed by atoms with van der Waals surface area (Å²) in [5, 5.41) is 23.6. The highest BCUT2D eigenvalue weighted by molar-refractivity contribution is 5.41. The van der Waals surface area contributed by atoms with Gasteiger partial charge in [-0.05, 0) is 31.0 Å². The molecule has 0 aliphatic heterocycles. The topological polar surface area (TPSA) is 71.0 Å². The van der Waals surface area contributed by atoms with E-state index < -0.39 is 11.7 Å². The standard InChI is InChI=1S/C16H27NO4/c1-5-16(19,6-2)11-17-10-14(18)13-9-12(20-3)7-8-15(13)21-4/h7-9,14,17-19H,5-6,10-11H2,1-4H3. The minimum atomic E-state index is -0.729. The van der Waals surface area contributed by atoms with Gasteiger partial charge in [0.05, 0.1) is 25.9 Å². The van der Waals surface area contributed by atoms with Crippen molar-refractivity contribution in [1.29, 1.82) is 0 Å². The van der Waals surface area contributed by atoms with Crippen LogP contribution in [-0.4, -0.2) is 43.1 Å². The summed E-state index contributed by atoms with van der Waals surface area (Å²) in [7, 11) is 3.15. The van der Waals surface area contributed by atoms with Crippen molar-refractivity contribution in [2.24, 2.45) is 0 Å². The number of methoxy groups -OCH3 is 2. The summed E-state index contributed by atoms with van der Waals surface area (Å²) in [6.45, 7) is 4.69. The molecule has 0 aromatic heterocycles. The van der Waals surface area contributed by atoms with Crippen LogP contribution in [-0.2, 0) is 0 Å². The van der Waals surface area contributed by atoms with E-state index in [0.717, 1.165) is 0 Å². The van der Waals surface area contributed by atoms with E-state index in [0.29, 0.717) is 43.0 Å². The summed E-state index contributed by atoms with van der Waals surface area (Å²) in [6.07, 6.45) is 0.623. The van der Waals surface area contributed by atoms with Gasteiger partial charge in [0, 0.05) is 18.7 Å². The molecule has 1 atom stereocenters. The second-order valence-electron chi connectivity index (χ2n) is 5.19. The first-order valence-corrected chi connectivity index (χ1v) is 7.32. The van der Waals surface area contributed by atoms with Gasteiger partial charge in [-0.25, -0.2) is 0 Å². The zero-order chi connectivity index (χ0) is 15.9. The molecule has 3 N–H and O–H groups in total. The van der Waals surface area contributed by atoms with Gasteiger partial charge in [-0.1, -0.05) is 13.8 Å². The molecule has 0 radical (unpaired) electrons. The van der Waals surface area contributed by atoms with Crippen molar-refractivity contribution in [2.45, 2.75) is 38.4 Å². The number of hydrogen-bond donors (Lipinski definition) is 3. The van der Waals surface area contributed by atoms with Crippen LogP contribution in [0.25, 0.3) is 0 Å². The van der Waals surface area contributed by atoms with Crippen molar-refractivity contribution in [1.82, 2.24) is 5.32 Å². The summed E-state index contributed by atoms with van der Waals surface area (Å²) in [4.78, 5) is 0. The molecule has 0 spiro atoms. The Kier molecular flexibility index (Phi) is 6.95. The van der Waals surface area contributed by atoms with Gasteiger partial charge in [0.2, 0.25) is 0 Å². The molecular weight excluding hydrogens is 270 g/mol. The quantitative estimate of drug-likeness (QED) is 0.649. The van der Waals surface area contributed by atoms with Crippen LogP contribution in [0.4, 0.5) is 0 Å². The maximum atomic E-state index is 10.3. The molecule has 0 saturated carbocycles. The minimum Gasteiger partial charge on any atom is -0.497 e. The van der Waals surface area contributed by atoms with Gasteiger partial charge in [-0.3, -0.25) is 0 Å². The van der Waals surface area contributed by atoms with Gasteiger partial charge in [-0.2, -0.15) is 0 Å². The fourth-order valence-corrected chi connectivity index (χ4v) is 2.15. The van der Waals surface area contributed by atoms with E-state index in [1.54, 1.807) is 32.4 Å². The van der Waals surface area contributed by atoms with Crippen molar-refractivity contribution in [3.05, 3.63) is 23.8 Å². The molecular formula is C16H27NO4. The smallest absolute Gasteiger partial charge is 0.124 e. The van der Waals surface area contributed by atoms with E-state index in [1.807, 2.05) is 13.8 Å². The summed E-state index contributed by atoms with van der Waals surface area (Å²) in [5.41, 5.74) is -0.0565. The maximum Gasteiger partial charge on any atom is 0.124 e. The van der Waals surface area contributed by atoms with Crippen LogP contribution in [0.1, 0.15) is 38.4 Å². The molecule has 120 valence electrons. The molecule has 1 aromatic carbocycles. The van der Waals surface area contributed by atoms with Crippen LogP contribution in [0.3, 0.4) is 0 Å². The Morgan fingerprint density at radius 1 is 1.19 bits per heavy atom. The second kappa shape index (κ2) is 8.22. The number of aliphatic hydroxyl groups is 2. The highest BCUT2D eigenvalue weighted by Gasteiger charge is 2.22. The monoisotopic (exact) mass is 297 g/mol. The normalized spacial score (nSPS) is 13.0. The number of hydrogen-bond acceptors (Lipinski definition) is 5. The molecule has 0 heterocycles. The van der Waals surface area contributed by atoms with E-state index in [2.05, 4.69) is 5.32 Å². The van der Waals surface area contributed by atoms with Crippen LogP contribution in [0.5, 0.6) is 11.5 Å². The van der Waals surface area contributed by atoms with Gasteiger partial charge in [0.25, 0.3) is 0 Å². The lowest BCUT2D eigenvalue weighted by Gasteiger charge is -2.26. The zero-order valence-electron chi connectivity index (χ0n) is 13.3. The van der Waals surface area contributed by atoms with E-state index in [4.69, 9.17) is 9.47 Å². The van der Waals surface area contributed by atoms with Gasteiger partial charge >= 0.3 is 0 Å². The van der Waals surface area contributed by atoms with Crippen LogP contribution in [0.15, 0.2) is 18.2 Å². The lowest BCUT2D eigenvalue weighted by molar-refractivity contribution is 0.0292. The maximum absolute atomic E-state index is 10.3. The summed E-state index contributed by atoms with van der Waals surface area (Å²) in [5.74, 6) is 1.29.